The van der Waals surface area contributed by atoms with Crippen LogP contribution in [0.5, 0.6) is 0 Å². The monoisotopic (exact) mass is 269 g/mol. The van der Waals surface area contributed by atoms with Crippen LogP contribution in [0.15, 0.2) is 48.7 Å². The summed E-state index contributed by atoms with van der Waals surface area (Å²) in [7, 11) is 0. The summed E-state index contributed by atoms with van der Waals surface area (Å²) >= 11 is 0. The maximum absolute atomic E-state index is 13.0. The lowest BCUT2D eigenvalue weighted by molar-refractivity contribution is -0.115. The predicted molar refractivity (Wildman–Crippen MR) is 74.8 cm³/mol. The molecule has 1 aromatic heterocycles. The number of carbonyl (C=O) groups excluding carboxylic acids is 1. The minimum Gasteiger partial charge on any atom is -0.326 e. The van der Waals surface area contributed by atoms with Gasteiger partial charge in [-0.05, 0) is 35.9 Å². The Labute approximate surface area is 114 Å². The van der Waals surface area contributed by atoms with E-state index < -0.39 is 0 Å². The Hall–Kier alpha value is -2.69. The third-order valence-electron chi connectivity index (χ3n) is 2.98. The molecule has 2 N–H and O–H groups in total. The number of halogens is 1. The van der Waals surface area contributed by atoms with Gasteiger partial charge in [0.1, 0.15) is 5.82 Å². The van der Waals surface area contributed by atoms with Gasteiger partial charge in [0.15, 0.2) is 0 Å². The second-order valence-corrected chi connectivity index (χ2v) is 4.53. The van der Waals surface area contributed by atoms with Gasteiger partial charge in [0.05, 0.1) is 18.1 Å². The Morgan fingerprint density at radius 2 is 2.15 bits per heavy atom. The smallest absolute Gasteiger partial charge is 0.228 e. The van der Waals surface area contributed by atoms with E-state index in [4.69, 9.17) is 0 Å². The number of hydrogen-bond donors (Lipinski definition) is 2. The molecule has 5 heteroatoms. The Kier molecular flexibility index (Phi) is 3.16. The highest BCUT2D eigenvalue weighted by atomic mass is 19.1. The van der Waals surface area contributed by atoms with Crippen molar-refractivity contribution in [3.63, 3.8) is 0 Å². The molecule has 0 aliphatic rings. The molecule has 20 heavy (non-hydrogen) atoms. The first-order chi connectivity index (χ1) is 9.70. The Morgan fingerprint density at radius 3 is 3.00 bits per heavy atom. The van der Waals surface area contributed by atoms with E-state index in [1.54, 1.807) is 24.4 Å². The highest BCUT2D eigenvalue weighted by molar-refractivity contribution is 5.94. The summed E-state index contributed by atoms with van der Waals surface area (Å²) in [6.07, 6.45) is 1.85. The van der Waals surface area contributed by atoms with Gasteiger partial charge in [-0.25, -0.2) is 4.39 Å². The molecule has 1 heterocycles. The van der Waals surface area contributed by atoms with Crippen LogP contribution in [0.4, 0.5) is 10.1 Å². The second-order valence-electron chi connectivity index (χ2n) is 4.53. The highest BCUT2D eigenvalue weighted by Crippen LogP contribution is 2.16. The molecule has 0 aliphatic carbocycles. The summed E-state index contributed by atoms with van der Waals surface area (Å²) in [4.78, 5) is 11.9. The average Bonchev–Trinajstić information content (AvgIpc) is 2.86. The maximum Gasteiger partial charge on any atom is 0.228 e. The van der Waals surface area contributed by atoms with Crippen LogP contribution in [0.1, 0.15) is 5.56 Å². The Bertz CT molecular complexity index is 766. The van der Waals surface area contributed by atoms with Crippen molar-refractivity contribution in [2.24, 2.45) is 0 Å². The molecule has 1 amide bonds. The first-order valence-electron chi connectivity index (χ1n) is 6.18. The molecular formula is C15H12FN3O. The summed E-state index contributed by atoms with van der Waals surface area (Å²) in [6.45, 7) is 0. The number of aromatic nitrogens is 2. The van der Waals surface area contributed by atoms with Gasteiger partial charge in [0.25, 0.3) is 0 Å². The molecule has 0 fully saturated rings. The van der Waals surface area contributed by atoms with E-state index in [0.29, 0.717) is 11.3 Å². The molecule has 0 radical (unpaired) electrons. The van der Waals surface area contributed by atoms with Crippen LogP contribution in [0.3, 0.4) is 0 Å². The van der Waals surface area contributed by atoms with E-state index in [-0.39, 0.29) is 18.1 Å². The third-order valence-corrected chi connectivity index (χ3v) is 2.98. The fourth-order valence-electron chi connectivity index (χ4n) is 2.05. The van der Waals surface area contributed by atoms with Gasteiger partial charge >= 0.3 is 0 Å². The van der Waals surface area contributed by atoms with Crippen LogP contribution < -0.4 is 5.32 Å². The van der Waals surface area contributed by atoms with Crippen LogP contribution in [0.2, 0.25) is 0 Å². The van der Waals surface area contributed by atoms with E-state index in [1.807, 2.05) is 12.1 Å². The van der Waals surface area contributed by atoms with Crippen molar-refractivity contribution in [1.82, 2.24) is 10.2 Å². The number of hydrogen-bond acceptors (Lipinski definition) is 2. The number of nitrogens with zero attached hydrogens (tertiary/aromatic N) is 1. The normalized spacial score (nSPS) is 10.7. The molecule has 0 spiro atoms. The molecule has 0 unspecified atom stereocenters. The molecule has 0 saturated heterocycles. The number of carbonyl (C=O) groups is 1. The molecule has 3 aromatic rings. The lowest BCUT2D eigenvalue weighted by Gasteiger charge is -2.05. The first kappa shape index (κ1) is 12.3. The summed E-state index contributed by atoms with van der Waals surface area (Å²) in [5.41, 5.74) is 2.18. The molecule has 0 saturated carbocycles. The van der Waals surface area contributed by atoms with Crippen molar-refractivity contribution in [2.45, 2.75) is 6.42 Å². The van der Waals surface area contributed by atoms with Crippen molar-refractivity contribution in [2.75, 3.05) is 5.32 Å². The van der Waals surface area contributed by atoms with Gasteiger partial charge in [-0.1, -0.05) is 12.1 Å². The number of amides is 1. The van der Waals surface area contributed by atoms with Crippen molar-refractivity contribution >= 4 is 22.5 Å². The summed E-state index contributed by atoms with van der Waals surface area (Å²) in [5, 5.41) is 10.5. The van der Waals surface area contributed by atoms with E-state index >= 15 is 0 Å². The van der Waals surface area contributed by atoms with E-state index in [2.05, 4.69) is 15.5 Å². The molecule has 3 rings (SSSR count). The van der Waals surface area contributed by atoms with E-state index in [1.165, 1.54) is 12.1 Å². The van der Waals surface area contributed by atoms with Crippen molar-refractivity contribution in [3.05, 3.63) is 60.0 Å². The zero-order valence-corrected chi connectivity index (χ0v) is 10.6. The van der Waals surface area contributed by atoms with Gasteiger partial charge in [-0.2, -0.15) is 5.10 Å². The number of aromatic amines is 1. The second kappa shape index (κ2) is 5.13. The number of fused-ring (bicyclic) bond motifs is 1. The van der Waals surface area contributed by atoms with Gasteiger partial charge in [0, 0.05) is 11.1 Å². The zero-order valence-electron chi connectivity index (χ0n) is 10.6. The minimum atomic E-state index is -0.339. The number of benzene rings is 2. The molecule has 2 aromatic carbocycles. The quantitative estimate of drug-likeness (QED) is 0.768. The standard InChI is InChI=1S/C15H12FN3O/c16-12-3-1-2-10(6-12)7-15(20)18-13-5-4-11-9-17-19-14(11)8-13/h1-6,8-9H,7H2,(H,17,19)(H,18,20). The minimum absolute atomic E-state index is 0.138. The Morgan fingerprint density at radius 1 is 1.25 bits per heavy atom. The number of nitrogens with one attached hydrogen (secondary N) is 2. The summed E-state index contributed by atoms with van der Waals surface area (Å²) in [6, 6.07) is 11.5. The van der Waals surface area contributed by atoms with Crippen molar-refractivity contribution in [3.8, 4) is 0 Å². The van der Waals surface area contributed by atoms with Crippen LogP contribution >= 0.6 is 0 Å². The topological polar surface area (TPSA) is 57.8 Å². The molecule has 0 bridgehead atoms. The number of H-pyrrole nitrogens is 1. The SMILES string of the molecule is O=C(Cc1cccc(F)c1)Nc1ccc2cn[nH]c2c1. The van der Waals surface area contributed by atoms with Crippen LogP contribution in [0.25, 0.3) is 10.9 Å². The summed E-state index contributed by atoms with van der Waals surface area (Å²) < 4.78 is 13.0. The molecule has 4 nitrogen and oxygen atoms in total. The van der Waals surface area contributed by atoms with E-state index in [0.717, 1.165) is 10.9 Å². The van der Waals surface area contributed by atoms with Gasteiger partial charge < -0.3 is 5.32 Å². The van der Waals surface area contributed by atoms with Gasteiger partial charge in [-0.3, -0.25) is 9.89 Å². The number of anilines is 1. The van der Waals surface area contributed by atoms with Crippen LogP contribution in [-0.2, 0) is 11.2 Å². The molecular weight excluding hydrogens is 257 g/mol. The fraction of sp³-hybridized carbons (Fsp3) is 0.0667. The predicted octanol–water partition coefficient (Wildman–Crippen LogP) is 2.88. The molecule has 0 atom stereocenters. The highest BCUT2D eigenvalue weighted by Gasteiger charge is 2.06. The fourth-order valence-corrected chi connectivity index (χ4v) is 2.05. The molecule has 0 aliphatic heterocycles. The van der Waals surface area contributed by atoms with Crippen LogP contribution in [-0.4, -0.2) is 16.1 Å². The lowest BCUT2D eigenvalue weighted by Crippen LogP contribution is -2.14. The Balaban J connectivity index is 1.72. The maximum atomic E-state index is 13.0. The lowest BCUT2D eigenvalue weighted by atomic mass is 10.1. The number of rotatable bonds is 3. The first-order valence-corrected chi connectivity index (χ1v) is 6.18. The zero-order chi connectivity index (χ0) is 13.9. The molecule has 100 valence electrons. The largest absolute Gasteiger partial charge is 0.326 e. The van der Waals surface area contributed by atoms with Gasteiger partial charge in [-0.15, -0.1) is 0 Å². The van der Waals surface area contributed by atoms with Crippen molar-refractivity contribution < 1.29 is 9.18 Å². The summed E-state index contributed by atoms with van der Waals surface area (Å²) in [5.74, 6) is -0.524. The third kappa shape index (κ3) is 2.66. The van der Waals surface area contributed by atoms with Crippen LogP contribution in [0, 0.1) is 5.82 Å². The average molecular weight is 269 g/mol. The van der Waals surface area contributed by atoms with E-state index in [9.17, 15) is 9.18 Å². The van der Waals surface area contributed by atoms with Crippen molar-refractivity contribution in [1.29, 1.82) is 0 Å². The van der Waals surface area contributed by atoms with Gasteiger partial charge in [0.2, 0.25) is 5.91 Å².